The molecule has 0 saturated heterocycles. The second-order valence-electron chi connectivity index (χ2n) is 4.66. The van der Waals surface area contributed by atoms with Crippen LogP contribution in [0.3, 0.4) is 0 Å². The summed E-state index contributed by atoms with van der Waals surface area (Å²) in [5.41, 5.74) is 0.810. The van der Waals surface area contributed by atoms with Gasteiger partial charge >= 0.3 is 0 Å². The molecule has 0 aromatic heterocycles. The van der Waals surface area contributed by atoms with E-state index in [4.69, 9.17) is 0 Å². The molecule has 2 aromatic rings. The van der Waals surface area contributed by atoms with Gasteiger partial charge in [0.1, 0.15) is 11.5 Å². The third-order valence-corrected chi connectivity index (χ3v) is 5.56. The first kappa shape index (κ1) is 17.3. The fourth-order valence-electron chi connectivity index (χ4n) is 1.85. The molecule has 2 N–H and O–H groups in total. The van der Waals surface area contributed by atoms with Crippen LogP contribution in [0.1, 0.15) is 11.1 Å². The van der Waals surface area contributed by atoms with Crippen LogP contribution in [0, 0.1) is 13.8 Å². The number of phenolic OH excluding ortho intramolecular Hbond substituents is 2. The quantitative estimate of drug-likeness (QED) is 0.482. The first-order chi connectivity index (χ1) is 9.64. The van der Waals surface area contributed by atoms with Crippen molar-refractivity contribution in [1.82, 2.24) is 0 Å². The Balaban J connectivity index is 2.61. The molecule has 0 saturated carbocycles. The Bertz CT molecular complexity index is 605. The topological polar surface area (TPSA) is 40.5 Å². The molecule has 0 aliphatic heterocycles. The van der Waals surface area contributed by atoms with E-state index >= 15 is 0 Å². The monoisotopic (exact) mass is 538 g/mol. The summed E-state index contributed by atoms with van der Waals surface area (Å²) in [4.78, 5) is 0. The summed E-state index contributed by atoms with van der Waals surface area (Å²) in [7, 11) is 0. The maximum Gasteiger partial charge on any atom is 0.143 e. The number of rotatable bonds is 2. The van der Waals surface area contributed by atoms with E-state index < -0.39 is 5.41 Å². The molecule has 0 fully saturated rings. The van der Waals surface area contributed by atoms with E-state index in [1.807, 2.05) is 0 Å². The van der Waals surface area contributed by atoms with E-state index in [0.29, 0.717) is 17.9 Å². The van der Waals surface area contributed by atoms with E-state index in [2.05, 4.69) is 77.6 Å². The predicted molar refractivity (Wildman–Crippen MR) is 98.5 cm³/mol. The highest BCUT2D eigenvalue weighted by Gasteiger charge is 2.27. The lowest BCUT2D eigenvalue weighted by atomic mass is 9.78. The Morgan fingerprint density at radius 1 is 0.667 bits per heavy atom. The first-order valence-electron chi connectivity index (χ1n) is 5.72. The molecule has 21 heavy (non-hydrogen) atoms. The largest absolute Gasteiger partial charge is 0.506 e. The molecule has 0 aliphatic rings. The van der Waals surface area contributed by atoms with Crippen molar-refractivity contribution < 1.29 is 10.2 Å². The maximum atomic E-state index is 9.81. The fraction of sp³-hybridized carbons (Fsp3) is 0.0667. The Morgan fingerprint density at radius 2 is 0.905 bits per heavy atom. The smallest absolute Gasteiger partial charge is 0.143 e. The Kier molecular flexibility index (Phi) is 5.13. The minimum atomic E-state index is -0.808. The Labute approximate surface area is 157 Å². The Morgan fingerprint density at radius 3 is 1.14 bits per heavy atom. The molecule has 0 amide bonds. The van der Waals surface area contributed by atoms with Gasteiger partial charge in [0.2, 0.25) is 0 Å². The SMILES string of the molecule is [CH2]C([CH2])(c1cc(Br)c(O)c(Br)c1)c1cc(Br)c(O)c(Br)c1. The minimum Gasteiger partial charge on any atom is -0.506 e. The maximum absolute atomic E-state index is 9.81. The van der Waals surface area contributed by atoms with Crippen LogP contribution in [0.4, 0.5) is 0 Å². The number of phenols is 2. The van der Waals surface area contributed by atoms with Crippen LogP contribution in [0.25, 0.3) is 0 Å². The van der Waals surface area contributed by atoms with Crippen molar-refractivity contribution in [2.45, 2.75) is 5.41 Å². The van der Waals surface area contributed by atoms with E-state index in [-0.39, 0.29) is 11.5 Å². The van der Waals surface area contributed by atoms with E-state index in [1.54, 1.807) is 24.3 Å². The van der Waals surface area contributed by atoms with Crippen molar-refractivity contribution in [3.63, 3.8) is 0 Å². The minimum absolute atomic E-state index is 0.127. The zero-order valence-corrected chi connectivity index (χ0v) is 17.0. The van der Waals surface area contributed by atoms with Gasteiger partial charge in [0.25, 0.3) is 0 Å². The van der Waals surface area contributed by atoms with Gasteiger partial charge in [-0.2, -0.15) is 0 Å². The number of hydrogen-bond acceptors (Lipinski definition) is 2. The molecular formula is C15H10Br4O2. The second-order valence-corrected chi connectivity index (χ2v) is 8.08. The number of hydrogen-bond donors (Lipinski definition) is 2. The number of aromatic hydroxyl groups is 2. The lowest BCUT2D eigenvalue weighted by Crippen LogP contribution is -2.20. The van der Waals surface area contributed by atoms with Crippen LogP contribution in [0.15, 0.2) is 42.2 Å². The van der Waals surface area contributed by atoms with Gasteiger partial charge in [0, 0.05) is 5.41 Å². The third-order valence-electron chi connectivity index (χ3n) is 3.14. The van der Waals surface area contributed by atoms with Gasteiger partial charge in [-0.15, -0.1) is 0 Å². The summed E-state index contributed by atoms with van der Waals surface area (Å²) < 4.78 is 2.22. The van der Waals surface area contributed by atoms with Crippen LogP contribution in [0.2, 0.25) is 0 Å². The summed E-state index contributed by atoms with van der Waals surface area (Å²) in [6.07, 6.45) is 0. The molecule has 0 bridgehead atoms. The lowest BCUT2D eigenvalue weighted by molar-refractivity contribution is 0.467. The highest BCUT2D eigenvalue weighted by atomic mass is 79.9. The van der Waals surface area contributed by atoms with Gasteiger partial charge in [-0.05, 0) is 113 Å². The van der Waals surface area contributed by atoms with Crippen molar-refractivity contribution in [3.05, 3.63) is 67.1 Å². The number of halogens is 4. The zero-order valence-electron chi connectivity index (χ0n) is 10.6. The molecule has 0 unspecified atom stereocenters. The van der Waals surface area contributed by atoms with Crippen LogP contribution in [-0.4, -0.2) is 10.2 Å². The molecule has 2 nitrogen and oxygen atoms in total. The van der Waals surface area contributed by atoms with E-state index in [0.717, 1.165) is 11.1 Å². The molecule has 110 valence electrons. The van der Waals surface area contributed by atoms with Gasteiger partial charge in [-0.1, -0.05) is 0 Å². The van der Waals surface area contributed by atoms with E-state index in [1.165, 1.54) is 0 Å². The van der Waals surface area contributed by atoms with Crippen LogP contribution < -0.4 is 0 Å². The second kappa shape index (κ2) is 6.22. The van der Waals surface area contributed by atoms with Gasteiger partial charge in [-0.3, -0.25) is 0 Å². The van der Waals surface area contributed by atoms with E-state index in [9.17, 15) is 10.2 Å². The molecule has 2 aromatic carbocycles. The van der Waals surface area contributed by atoms with Crippen LogP contribution in [-0.2, 0) is 5.41 Å². The molecular weight excluding hydrogens is 532 g/mol. The van der Waals surface area contributed by atoms with Gasteiger partial charge in [0.15, 0.2) is 0 Å². The average molecular weight is 542 g/mol. The summed E-state index contributed by atoms with van der Waals surface area (Å²) in [5, 5.41) is 19.6. The zero-order chi connectivity index (χ0) is 15.9. The average Bonchev–Trinajstić information content (AvgIpc) is 2.40. The van der Waals surface area contributed by atoms with Crippen molar-refractivity contribution in [2.75, 3.05) is 0 Å². The van der Waals surface area contributed by atoms with Crippen molar-refractivity contribution >= 4 is 63.7 Å². The first-order valence-corrected chi connectivity index (χ1v) is 8.89. The lowest BCUT2D eigenvalue weighted by Gasteiger charge is -2.27. The van der Waals surface area contributed by atoms with Crippen LogP contribution in [0.5, 0.6) is 11.5 Å². The van der Waals surface area contributed by atoms with Gasteiger partial charge in [-0.25, -0.2) is 0 Å². The van der Waals surface area contributed by atoms with Crippen molar-refractivity contribution in [1.29, 1.82) is 0 Å². The summed E-state index contributed by atoms with van der Waals surface area (Å²) in [6.45, 7) is 8.35. The molecule has 0 spiro atoms. The third kappa shape index (κ3) is 3.33. The molecule has 6 heteroatoms. The van der Waals surface area contributed by atoms with Crippen LogP contribution >= 0.6 is 63.7 Å². The summed E-state index contributed by atoms with van der Waals surface area (Å²) in [5.74, 6) is 0.255. The standard InChI is InChI=1S/C15H10Br4O2/c1-15(2,7-3-9(16)13(20)10(17)4-7)8-5-11(18)14(21)12(19)6-8/h3-6,20-21H,1-2H2. The normalized spacial score (nSPS) is 11.7. The Hall–Kier alpha value is -0.0400. The molecule has 0 atom stereocenters. The highest BCUT2D eigenvalue weighted by molar-refractivity contribution is 9.11. The van der Waals surface area contributed by atoms with Gasteiger partial charge in [0.05, 0.1) is 17.9 Å². The molecule has 0 aliphatic carbocycles. The molecule has 0 heterocycles. The van der Waals surface area contributed by atoms with Crippen molar-refractivity contribution in [3.8, 4) is 11.5 Å². The van der Waals surface area contributed by atoms with Crippen molar-refractivity contribution in [2.24, 2.45) is 0 Å². The highest BCUT2D eigenvalue weighted by Crippen LogP contribution is 2.42. The van der Waals surface area contributed by atoms with Gasteiger partial charge < -0.3 is 10.2 Å². The predicted octanol–water partition coefficient (Wildman–Crippen LogP) is 6.10. The summed E-state index contributed by atoms with van der Waals surface area (Å²) >= 11 is 13.2. The summed E-state index contributed by atoms with van der Waals surface area (Å²) in [6, 6.07) is 7.09. The molecule has 2 rings (SSSR count). The molecule has 2 radical (unpaired) electrons. The fourth-order valence-corrected chi connectivity index (χ4v) is 4.22. The number of benzene rings is 2.